The van der Waals surface area contributed by atoms with Gasteiger partial charge in [-0.3, -0.25) is 0 Å². The summed E-state index contributed by atoms with van der Waals surface area (Å²) in [5, 5.41) is 23.5. The molecule has 4 rings (SSSR count). The van der Waals surface area contributed by atoms with Crippen molar-refractivity contribution in [3.05, 3.63) is 89.1 Å². The van der Waals surface area contributed by atoms with E-state index in [1.54, 1.807) is 31.4 Å². The van der Waals surface area contributed by atoms with Crippen LogP contribution in [0.15, 0.2) is 66.7 Å². The molecule has 1 heterocycles. The summed E-state index contributed by atoms with van der Waals surface area (Å²) in [5.41, 5.74) is 5.40. The lowest BCUT2D eigenvalue weighted by molar-refractivity contribution is 0.0698. The first-order valence-corrected chi connectivity index (χ1v) is 10.5. The first-order chi connectivity index (χ1) is 15.9. The Morgan fingerprint density at radius 1 is 1.12 bits per heavy atom. The third-order valence-corrected chi connectivity index (χ3v) is 5.61. The van der Waals surface area contributed by atoms with Crippen molar-refractivity contribution in [2.75, 3.05) is 12.4 Å². The Morgan fingerprint density at radius 3 is 2.52 bits per heavy atom. The number of hydrogen-bond donors (Lipinski definition) is 2. The zero-order valence-corrected chi connectivity index (χ0v) is 18.6. The van der Waals surface area contributed by atoms with Crippen LogP contribution in [0, 0.1) is 18.3 Å². The first-order valence-electron chi connectivity index (χ1n) is 10.5. The number of nitrogens with one attached hydrogen (secondary N) is 1. The lowest BCUT2D eigenvalue weighted by Crippen LogP contribution is -2.11. The van der Waals surface area contributed by atoms with Gasteiger partial charge in [0.05, 0.1) is 18.2 Å². The van der Waals surface area contributed by atoms with E-state index in [9.17, 15) is 15.2 Å². The Hall–Kier alpha value is -4.37. The number of aromatic nitrogens is 1. The Kier molecular flexibility index (Phi) is 5.97. The molecular formula is C27H23N3O3. The summed E-state index contributed by atoms with van der Waals surface area (Å²) in [6.45, 7) is 3.96. The Balaban J connectivity index is 1.84. The van der Waals surface area contributed by atoms with Crippen LogP contribution in [0.2, 0.25) is 0 Å². The molecule has 1 atom stereocenters. The summed E-state index contributed by atoms with van der Waals surface area (Å²) < 4.78 is 5.25. The van der Waals surface area contributed by atoms with Gasteiger partial charge in [-0.1, -0.05) is 30.3 Å². The highest BCUT2D eigenvalue weighted by atomic mass is 16.5. The Labute approximate surface area is 192 Å². The van der Waals surface area contributed by atoms with E-state index in [1.165, 1.54) is 0 Å². The summed E-state index contributed by atoms with van der Waals surface area (Å²) in [4.78, 5) is 16.3. The molecule has 0 radical (unpaired) electrons. The number of benzene rings is 3. The summed E-state index contributed by atoms with van der Waals surface area (Å²) >= 11 is 0. The second kappa shape index (κ2) is 9.01. The van der Waals surface area contributed by atoms with E-state index >= 15 is 0 Å². The number of pyridine rings is 1. The van der Waals surface area contributed by atoms with Gasteiger partial charge in [0.25, 0.3) is 0 Å². The average molecular weight is 437 g/mol. The monoisotopic (exact) mass is 437 g/mol. The average Bonchev–Trinajstić information content (AvgIpc) is 2.82. The minimum Gasteiger partial charge on any atom is -0.497 e. The topological polar surface area (TPSA) is 95.2 Å². The van der Waals surface area contributed by atoms with E-state index in [-0.39, 0.29) is 11.6 Å². The van der Waals surface area contributed by atoms with Crippen molar-refractivity contribution in [1.29, 1.82) is 5.26 Å². The number of aromatic carboxylic acids is 1. The molecule has 4 aromatic rings. The lowest BCUT2D eigenvalue weighted by Gasteiger charge is -2.20. The maximum Gasteiger partial charge on any atom is 0.337 e. The fraction of sp³-hybridized carbons (Fsp3) is 0.148. The predicted molar refractivity (Wildman–Crippen MR) is 129 cm³/mol. The van der Waals surface area contributed by atoms with Crippen LogP contribution in [0.5, 0.6) is 5.75 Å². The number of carbonyl (C=O) groups is 1. The zero-order chi connectivity index (χ0) is 23.5. The van der Waals surface area contributed by atoms with Crippen LogP contribution in [0.3, 0.4) is 0 Å². The number of para-hydroxylation sites is 1. The molecular weight excluding hydrogens is 414 g/mol. The van der Waals surface area contributed by atoms with E-state index in [0.717, 1.165) is 38.9 Å². The molecule has 1 aromatic heterocycles. The van der Waals surface area contributed by atoms with Crippen LogP contribution in [0.4, 0.5) is 5.69 Å². The molecule has 6 heteroatoms. The van der Waals surface area contributed by atoms with Crippen molar-refractivity contribution in [2.45, 2.75) is 19.9 Å². The smallest absolute Gasteiger partial charge is 0.337 e. The molecule has 0 aliphatic heterocycles. The second-order valence-electron chi connectivity index (χ2n) is 7.86. The minimum absolute atomic E-state index is 0.202. The molecule has 0 saturated carbocycles. The van der Waals surface area contributed by atoms with Crippen LogP contribution in [0.25, 0.3) is 22.0 Å². The predicted octanol–water partition coefficient (Wildman–Crippen LogP) is 5.96. The van der Waals surface area contributed by atoms with Crippen molar-refractivity contribution >= 4 is 22.6 Å². The van der Waals surface area contributed by atoms with Crippen molar-refractivity contribution in [2.24, 2.45) is 0 Å². The largest absolute Gasteiger partial charge is 0.497 e. The zero-order valence-electron chi connectivity index (χ0n) is 18.6. The molecule has 2 N–H and O–H groups in total. The van der Waals surface area contributed by atoms with Crippen LogP contribution in [-0.2, 0) is 0 Å². The second-order valence-corrected chi connectivity index (χ2v) is 7.86. The van der Waals surface area contributed by atoms with Crippen molar-refractivity contribution < 1.29 is 14.6 Å². The number of aryl methyl sites for hydroxylation is 1. The van der Waals surface area contributed by atoms with Crippen LogP contribution >= 0.6 is 0 Å². The van der Waals surface area contributed by atoms with Crippen molar-refractivity contribution in [1.82, 2.24) is 4.98 Å². The highest BCUT2D eigenvalue weighted by Gasteiger charge is 2.17. The maximum atomic E-state index is 11.6. The summed E-state index contributed by atoms with van der Waals surface area (Å²) in [7, 11) is 1.61. The minimum atomic E-state index is -0.985. The molecule has 164 valence electrons. The number of carboxylic acid groups (broad SMARTS) is 1. The fourth-order valence-corrected chi connectivity index (χ4v) is 3.99. The molecule has 33 heavy (non-hydrogen) atoms. The number of hydrogen-bond acceptors (Lipinski definition) is 5. The van der Waals surface area contributed by atoms with E-state index in [1.807, 2.05) is 50.2 Å². The summed E-state index contributed by atoms with van der Waals surface area (Å²) in [6.07, 6.45) is 0. The van der Waals surface area contributed by atoms with Gasteiger partial charge in [0, 0.05) is 22.7 Å². The number of carboxylic acids is 1. The van der Waals surface area contributed by atoms with Gasteiger partial charge in [-0.05, 0) is 66.9 Å². The van der Waals surface area contributed by atoms with Gasteiger partial charge in [0.15, 0.2) is 0 Å². The third-order valence-electron chi connectivity index (χ3n) is 5.61. The molecule has 0 aliphatic rings. The SMILES string of the molecule is COc1ccc(-c2cc3c([C@@H](C)Nc4ccccc4C(=O)O)cc(C)cc3nc2C#N)cc1. The van der Waals surface area contributed by atoms with Gasteiger partial charge < -0.3 is 15.2 Å². The first kappa shape index (κ1) is 21.8. The molecule has 0 unspecified atom stereocenters. The summed E-state index contributed by atoms with van der Waals surface area (Å²) in [6, 6.07) is 22.4. The molecule has 0 spiro atoms. The van der Waals surface area contributed by atoms with Gasteiger partial charge in [0.1, 0.15) is 17.5 Å². The fourth-order valence-electron chi connectivity index (χ4n) is 3.99. The van der Waals surface area contributed by atoms with E-state index < -0.39 is 5.97 Å². The number of fused-ring (bicyclic) bond motifs is 1. The normalized spacial score (nSPS) is 11.6. The Bertz CT molecular complexity index is 1390. The third kappa shape index (κ3) is 4.35. The van der Waals surface area contributed by atoms with Crippen molar-refractivity contribution in [3.63, 3.8) is 0 Å². The van der Waals surface area contributed by atoms with Crippen LogP contribution < -0.4 is 10.1 Å². The van der Waals surface area contributed by atoms with Crippen molar-refractivity contribution in [3.8, 4) is 22.9 Å². The highest BCUT2D eigenvalue weighted by molar-refractivity contribution is 5.94. The van der Waals surface area contributed by atoms with Crippen LogP contribution in [0.1, 0.15) is 40.1 Å². The molecule has 0 saturated heterocycles. The molecule has 0 aliphatic carbocycles. The van der Waals surface area contributed by atoms with Gasteiger partial charge in [0.2, 0.25) is 0 Å². The Morgan fingerprint density at radius 2 is 1.85 bits per heavy atom. The number of nitrogens with zero attached hydrogens (tertiary/aromatic N) is 2. The highest BCUT2D eigenvalue weighted by Crippen LogP contribution is 2.33. The number of nitriles is 1. The van der Waals surface area contributed by atoms with Gasteiger partial charge in [-0.15, -0.1) is 0 Å². The number of ether oxygens (including phenoxy) is 1. The molecule has 3 aromatic carbocycles. The molecule has 0 fully saturated rings. The number of rotatable bonds is 6. The standard InChI is InChI=1S/C27H23N3O3/c1-16-12-21(17(2)29-24-7-5-4-6-20(24)27(31)32)23-14-22(26(15-28)30-25(23)13-16)18-8-10-19(33-3)11-9-18/h4-14,17,29H,1-3H3,(H,31,32)/t17-/m1/s1. The maximum absolute atomic E-state index is 11.6. The van der Waals surface area contributed by atoms with Gasteiger partial charge >= 0.3 is 5.97 Å². The van der Waals surface area contributed by atoms with Gasteiger partial charge in [-0.2, -0.15) is 5.26 Å². The van der Waals surface area contributed by atoms with Crippen LogP contribution in [-0.4, -0.2) is 23.2 Å². The molecule has 0 bridgehead atoms. The molecule has 6 nitrogen and oxygen atoms in total. The van der Waals surface area contributed by atoms with E-state index in [2.05, 4.69) is 22.4 Å². The van der Waals surface area contributed by atoms with E-state index in [4.69, 9.17) is 4.74 Å². The number of anilines is 1. The summed E-state index contributed by atoms with van der Waals surface area (Å²) in [5.74, 6) is -0.251. The quantitative estimate of drug-likeness (QED) is 0.386. The lowest BCUT2D eigenvalue weighted by atomic mass is 9.95. The number of methoxy groups -OCH3 is 1. The molecule has 0 amide bonds. The van der Waals surface area contributed by atoms with E-state index in [0.29, 0.717) is 11.4 Å². The van der Waals surface area contributed by atoms with Gasteiger partial charge in [-0.25, -0.2) is 9.78 Å².